The maximum Gasteiger partial charge on any atom is 0.327 e. The third-order valence-corrected chi connectivity index (χ3v) is 9.85. The molecule has 0 saturated carbocycles. The Labute approximate surface area is 371 Å². The van der Waals surface area contributed by atoms with Gasteiger partial charge in [0.15, 0.2) is 5.96 Å². The molecule has 0 heterocycles. The summed E-state index contributed by atoms with van der Waals surface area (Å²) in [5.41, 5.74) is 16.4. The molecule has 0 unspecified atom stereocenters. The predicted molar refractivity (Wildman–Crippen MR) is 235 cm³/mol. The van der Waals surface area contributed by atoms with Gasteiger partial charge in [0.2, 0.25) is 47.3 Å². The monoisotopic (exact) mass is 924 g/mol. The van der Waals surface area contributed by atoms with Gasteiger partial charge in [-0.15, -0.1) is 0 Å². The van der Waals surface area contributed by atoms with Gasteiger partial charge >= 0.3 is 5.97 Å². The van der Waals surface area contributed by atoms with Crippen molar-refractivity contribution >= 4 is 97.1 Å². The summed E-state index contributed by atoms with van der Waals surface area (Å²) in [7, 11) is 0. The number of carboxylic acids is 1. The second-order valence-corrected chi connectivity index (χ2v) is 15.9. The molecule has 26 heteroatoms. The summed E-state index contributed by atoms with van der Waals surface area (Å²) >= 11 is 12.0. The molecule has 8 amide bonds. The van der Waals surface area contributed by atoms with Gasteiger partial charge in [-0.05, 0) is 30.6 Å². The maximum atomic E-state index is 13.4. The highest BCUT2D eigenvalue weighted by atomic mass is 32.1. The summed E-state index contributed by atoms with van der Waals surface area (Å²) in [5, 5.41) is 38.8. The van der Waals surface area contributed by atoms with Crippen LogP contribution >= 0.6 is 37.9 Å². The molecule has 61 heavy (non-hydrogen) atoms. The maximum absolute atomic E-state index is 13.4. The van der Waals surface area contributed by atoms with Crippen molar-refractivity contribution in [3.63, 3.8) is 0 Å². The third kappa shape index (κ3) is 20.7. The molecule has 0 saturated heterocycles. The van der Waals surface area contributed by atoms with E-state index in [9.17, 15) is 53.4 Å². The predicted octanol–water partition coefficient (Wildman–Crippen LogP) is -5.29. The van der Waals surface area contributed by atoms with Crippen molar-refractivity contribution in [1.82, 2.24) is 42.5 Å². The van der Waals surface area contributed by atoms with Gasteiger partial charge in [0.25, 0.3) is 0 Å². The molecule has 0 aromatic carbocycles. The fourth-order valence-corrected chi connectivity index (χ4v) is 5.79. The van der Waals surface area contributed by atoms with Crippen LogP contribution in [0, 0.1) is 17.8 Å². The van der Waals surface area contributed by atoms with Gasteiger partial charge in [-0.1, -0.05) is 41.5 Å². The van der Waals surface area contributed by atoms with E-state index in [0.29, 0.717) is 0 Å². The Morgan fingerprint density at radius 1 is 0.557 bits per heavy atom. The fourth-order valence-electron chi connectivity index (χ4n) is 5.12. The highest BCUT2D eigenvalue weighted by Gasteiger charge is 2.35. The van der Waals surface area contributed by atoms with Crippen LogP contribution in [0.15, 0.2) is 4.99 Å². The number of aliphatic carboxylic acids is 1. The number of amides is 8. The molecule has 0 aromatic rings. The topological polar surface area (TPSA) is 381 Å². The van der Waals surface area contributed by atoms with Crippen molar-refractivity contribution in [2.24, 2.45) is 39.9 Å². The highest BCUT2D eigenvalue weighted by molar-refractivity contribution is 7.80. The molecule has 0 aliphatic carbocycles. The first-order chi connectivity index (χ1) is 28.4. The number of thiol groups is 3. The van der Waals surface area contributed by atoms with E-state index in [4.69, 9.17) is 17.2 Å². The Bertz CT molecular complexity index is 1550. The van der Waals surface area contributed by atoms with E-state index in [1.165, 1.54) is 0 Å². The molecule has 8 atom stereocenters. The van der Waals surface area contributed by atoms with Crippen molar-refractivity contribution in [2.75, 3.05) is 37.0 Å². The number of carbonyl (C=O) groups is 9. The first-order valence-electron chi connectivity index (χ1n) is 19.3. The molecule has 348 valence electrons. The van der Waals surface area contributed by atoms with Crippen molar-refractivity contribution in [3.8, 4) is 0 Å². The average molecular weight is 925 g/mol. The number of nitrogens with one attached hydrogen (secondary N) is 8. The first-order valence-corrected chi connectivity index (χ1v) is 21.2. The van der Waals surface area contributed by atoms with Gasteiger partial charge in [0, 0.05) is 23.8 Å². The quantitative estimate of drug-likeness (QED) is 0.0151. The normalized spacial score (nSPS) is 15.0. The number of guanidine groups is 1. The molecule has 16 N–H and O–H groups in total. The Morgan fingerprint density at radius 2 is 0.984 bits per heavy atom. The standard InChI is InChI=1S/C35H64N12O11S3/c1-15(2)24(47-33(56)26(17(5)6)46-30(53)21(13-60)43-27(50)18(36)12-59)31(54)40-10-23(49)41-20(11-48)29(52)45-25(16(3)4)32(55)42-19(8-7-9-39-35(37)38)28(51)44-22(14-61)34(57)58/h15-22,24-26,48,59-61H,7-14,36H2,1-6H3,(H,40,54)(H,41,49)(H,42,55)(H,43,50)(H,44,51)(H,45,52)(H,46,53)(H,47,56)(H,57,58)(H4,37,38,39)/t18-,19-,20-,21-,22-,24-,25-,26-/m0/s1. The number of rotatable bonds is 28. The zero-order valence-corrected chi connectivity index (χ0v) is 37.8. The summed E-state index contributed by atoms with van der Waals surface area (Å²) in [4.78, 5) is 120. The Kier molecular flexibility index (Phi) is 26.7. The Hall–Kier alpha value is -4.53. The minimum Gasteiger partial charge on any atom is -0.480 e. The number of nitrogens with two attached hydrogens (primary N) is 3. The zero-order chi connectivity index (χ0) is 47.1. The van der Waals surface area contributed by atoms with Crippen LogP contribution in [0.5, 0.6) is 0 Å². The number of hydrogen-bond donors (Lipinski definition) is 16. The van der Waals surface area contributed by atoms with Crippen LogP contribution in [-0.4, -0.2) is 155 Å². The van der Waals surface area contributed by atoms with Crippen LogP contribution in [0.2, 0.25) is 0 Å². The van der Waals surface area contributed by atoms with Gasteiger partial charge in [-0.25, -0.2) is 4.79 Å². The molecule has 0 rings (SSSR count). The number of carboxylic acid groups (broad SMARTS) is 1. The lowest BCUT2D eigenvalue weighted by Gasteiger charge is -2.28. The second kappa shape index (κ2) is 28.9. The summed E-state index contributed by atoms with van der Waals surface area (Å²) < 4.78 is 0. The van der Waals surface area contributed by atoms with Crippen LogP contribution in [0.3, 0.4) is 0 Å². The van der Waals surface area contributed by atoms with Crippen molar-refractivity contribution in [1.29, 1.82) is 0 Å². The number of aliphatic imine (C=N–C) groups is 1. The van der Waals surface area contributed by atoms with Gasteiger partial charge in [-0.2, -0.15) is 37.9 Å². The summed E-state index contributed by atoms with van der Waals surface area (Å²) in [6.45, 7) is 8.12. The minimum absolute atomic E-state index is 0.0223. The van der Waals surface area contributed by atoms with Gasteiger partial charge < -0.3 is 69.9 Å². The number of hydrogen-bond acceptors (Lipinski definition) is 15. The van der Waals surface area contributed by atoms with E-state index in [0.717, 1.165) is 0 Å². The third-order valence-electron chi connectivity index (χ3n) is 8.72. The number of nitrogens with zero attached hydrogens (tertiary/aromatic N) is 1. The Balaban J connectivity index is 5.74. The van der Waals surface area contributed by atoms with Crippen molar-refractivity contribution in [3.05, 3.63) is 0 Å². The highest BCUT2D eigenvalue weighted by Crippen LogP contribution is 2.09. The molecular weight excluding hydrogens is 861 g/mol. The van der Waals surface area contributed by atoms with Crippen LogP contribution in [0.1, 0.15) is 54.4 Å². The second-order valence-electron chi connectivity index (χ2n) is 14.8. The van der Waals surface area contributed by atoms with E-state index in [-0.39, 0.29) is 42.6 Å². The zero-order valence-electron chi connectivity index (χ0n) is 35.1. The van der Waals surface area contributed by atoms with Crippen LogP contribution in [0.4, 0.5) is 0 Å². The van der Waals surface area contributed by atoms with Crippen LogP contribution in [0.25, 0.3) is 0 Å². The first kappa shape index (κ1) is 56.5. The van der Waals surface area contributed by atoms with E-state index in [2.05, 4.69) is 85.4 Å². The van der Waals surface area contributed by atoms with Gasteiger partial charge in [0.1, 0.15) is 42.3 Å². The van der Waals surface area contributed by atoms with Crippen LogP contribution < -0.4 is 59.7 Å². The smallest absolute Gasteiger partial charge is 0.327 e. The fraction of sp³-hybridized carbons (Fsp3) is 0.714. The molecule has 0 aliphatic rings. The Morgan fingerprint density at radius 3 is 1.43 bits per heavy atom. The van der Waals surface area contributed by atoms with Crippen LogP contribution in [-0.2, 0) is 43.2 Å². The van der Waals surface area contributed by atoms with E-state index >= 15 is 0 Å². The lowest BCUT2D eigenvalue weighted by atomic mass is 9.99. The van der Waals surface area contributed by atoms with Crippen molar-refractivity contribution in [2.45, 2.75) is 103 Å². The number of carbonyl (C=O) groups excluding carboxylic acids is 8. The number of aliphatic hydroxyl groups is 1. The molecule has 0 aliphatic heterocycles. The lowest BCUT2D eigenvalue weighted by molar-refractivity contribution is -0.141. The van der Waals surface area contributed by atoms with E-state index < -0.39 is 132 Å². The summed E-state index contributed by atoms with van der Waals surface area (Å²) in [5.74, 6) is -10.0. The molecule has 23 nitrogen and oxygen atoms in total. The van der Waals surface area contributed by atoms with E-state index in [1.807, 2.05) is 0 Å². The average Bonchev–Trinajstić information content (AvgIpc) is 3.19. The molecule has 0 fully saturated rings. The van der Waals surface area contributed by atoms with Gasteiger partial charge in [-0.3, -0.25) is 43.3 Å². The largest absolute Gasteiger partial charge is 0.480 e. The minimum atomic E-state index is -1.61. The lowest BCUT2D eigenvalue weighted by Crippen LogP contribution is -2.61. The van der Waals surface area contributed by atoms with Gasteiger partial charge in [0.05, 0.1) is 19.2 Å². The van der Waals surface area contributed by atoms with E-state index in [1.54, 1.807) is 41.5 Å². The summed E-state index contributed by atoms with van der Waals surface area (Å²) in [6, 6.07) is -10.1. The molecular formula is C35H64N12O11S3. The SMILES string of the molecule is CC(C)[C@H](NC(=O)[C@H](CO)NC(=O)CNC(=O)[C@@H](NC(=O)[C@@H](NC(=O)[C@H](CS)NC(=O)[C@@H](N)CS)C(C)C)C(C)C)C(=O)N[C@@H](CCCN=C(N)N)C(=O)N[C@@H](CS)C(=O)O. The molecule has 0 bridgehead atoms. The molecule has 0 aromatic heterocycles. The molecule has 0 radical (unpaired) electrons. The van der Waals surface area contributed by atoms with Crippen molar-refractivity contribution < 1.29 is 53.4 Å². The number of aliphatic hydroxyl groups excluding tert-OH is 1. The summed E-state index contributed by atoms with van der Waals surface area (Å²) in [6.07, 6.45) is 0.157. The molecule has 0 spiro atoms.